The fraction of sp³-hybridized carbons (Fsp3) is 0.750. The molecule has 0 aliphatic carbocycles. The van der Waals surface area contributed by atoms with Crippen molar-refractivity contribution in [2.75, 3.05) is 5.75 Å². The topological polar surface area (TPSA) is 78.2 Å². The van der Waals surface area contributed by atoms with Crippen LogP contribution in [0.15, 0.2) is 0 Å². The van der Waals surface area contributed by atoms with Crippen LogP contribution in [0.2, 0.25) is 6.32 Å². The molecule has 1 N–H and O–H groups in total. The fourth-order valence-electron chi connectivity index (χ4n) is 0.562. The maximum Gasteiger partial charge on any atom is 0.444 e. The lowest BCUT2D eigenvalue weighted by molar-refractivity contribution is -0.0327. The molecule has 0 aromatic carbocycles. The molecule has 0 bridgehead atoms. The average Bonchev–Trinajstić information content (AvgIpc) is 1.93. The van der Waals surface area contributed by atoms with E-state index in [4.69, 9.17) is 9.81 Å². The van der Waals surface area contributed by atoms with Gasteiger partial charge in [-0.05, 0) is 12.1 Å². The summed E-state index contributed by atoms with van der Waals surface area (Å²) in [5.41, 5.74) is -4.46. The molecular formula is C4H5BF3NO3S2. The third-order valence-electron chi connectivity index (χ3n) is 1.15. The van der Waals surface area contributed by atoms with E-state index in [9.17, 15) is 21.6 Å². The van der Waals surface area contributed by atoms with Crippen molar-refractivity contribution in [3.8, 4) is 5.97 Å². The van der Waals surface area contributed by atoms with Gasteiger partial charge in [0.05, 0.1) is 0 Å². The Hall–Kier alpha value is -0.395. The van der Waals surface area contributed by atoms with Gasteiger partial charge in [-0.1, -0.05) is 11.8 Å². The second-order valence-electron chi connectivity index (χ2n) is 2.22. The fourth-order valence-corrected chi connectivity index (χ4v) is 1.84. The van der Waals surface area contributed by atoms with Crippen molar-refractivity contribution in [3.05, 3.63) is 0 Å². The van der Waals surface area contributed by atoms with Crippen LogP contribution in [0.25, 0.3) is 0 Å². The van der Waals surface area contributed by atoms with Crippen LogP contribution in [-0.4, -0.2) is 30.2 Å². The summed E-state index contributed by atoms with van der Waals surface area (Å²) in [7, 11) is -4.57. The predicted octanol–water partition coefficient (Wildman–Crippen LogP) is 1.18. The Labute approximate surface area is 83.2 Å². The Morgan fingerprint density at radius 2 is 2.00 bits per heavy atom. The van der Waals surface area contributed by atoms with E-state index >= 15 is 0 Å². The van der Waals surface area contributed by atoms with Crippen LogP contribution in [0.4, 0.5) is 13.2 Å². The first-order valence-electron chi connectivity index (χ1n) is 3.23. The molecule has 0 aliphatic heterocycles. The first kappa shape index (κ1) is 13.6. The van der Waals surface area contributed by atoms with Crippen LogP contribution in [0.5, 0.6) is 0 Å². The Bertz CT molecular complexity index is 322. The lowest BCUT2D eigenvalue weighted by atomic mass is 9.75. The number of hydrogen-bond acceptors (Lipinski definition) is 4. The molecule has 14 heavy (non-hydrogen) atoms. The van der Waals surface area contributed by atoms with E-state index in [0.717, 1.165) is 0 Å². The van der Waals surface area contributed by atoms with E-state index in [-0.39, 0.29) is 0 Å². The normalized spacial score (nSPS) is 12.2. The zero-order chi connectivity index (χ0) is 11.4. The van der Waals surface area contributed by atoms with Crippen LogP contribution >= 0.6 is 11.8 Å². The van der Waals surface area contributed by atoms with E-state index in [1.807, 2.05) is 0 Å². The van der Waals surface area contributed by atoms with E-state index in [2.05, 4.69) is 0 Å². The molecule has 0 spiro atoms. The molecular weight excluding hydrogens is 242 g/mol. The number of rotatable bonds is 4. The van der Waals surface area contributed by atoms with Gasteiger partial charge in [0.1, 0.15) is 0 Å². The molecule has 0 saturated heterocycles. The van der Waals surface area contributed by atoms with Crippen LogP contribution in [0.1, 0.15) is 0 Å². The van der Waals surface area contributed by atoms with E-state index in [1.165, 1.54) is 5.97 Å². The van der Waals surface area contributed by atoms with Gasteiger partial charge in [0.15, 0.2) is 0 Å². The van der Waals surface area contributed by atoms with Crippen molar-refractivity contribution in [1.29, 1.82) is 5.26 Å². The summed E-state index contributed by atoms with van der Waals surface area (Å²) in [4.78, 5) is 0. The van der Waals surface area contributed by atoms with Crippen LogP contribution < -0.4 is 0 Å². The molecule has 0 radical (unpaired) electrons. The van der Waals surface area contributed by atoms with Crippen molar-refractivity contribution in [2.45, 2.75) is 11.8 Å². The van der Waals surface area contributed by atoms with Gasteiger partial charge in [0, 0.05) is 5.97 Å². The van der Waals surface area contributed by atoms with E-state index in [1.54, 1.807) is 0 Å². The van der Waals surface area contributed by atoms with Gasteiger partial charge in [0.2, 0.25) is 9.97 Å². The van der Waals surface area contributed by atoms with Crippen molar-refractivity contribution in [2.24, 2.45) is 0 Å². The molecule has 4 nitrogen and oxygen atoms in total. The third-order valence-corrected chi connectivity index (χ3v) is 2.98. The lowest BCUT2D eigenvalue weighted by Crippen LogP contribution is -2.24. The number of halogens is 3. The number of hydrogen-bond donors (Lipinski definition) is 1. The van der Waals surface area contributed by atoms with Crippen molar-refractivity contribution in [1.82, 2.24) is 0 Å². The number of nitriles is 1. The highest BCUT2D eigenvalue weighted by atomic mass is 32.2. The molecule has 0 unspecified atom stereocenters. The van der Waals surface area contributed by atoms with Gasteiger partial charge >= 0.3 is 11.5 Å². The summed E-state index contributed by atoms with van der Waals surface area (Å²) in [6.45, 7) is 0. The second-order valence-corrected chi connectivity index (χ2v) is 4.97. The summed E-state index contributed by atoms with van der Waals surface area (Å²) >= 11 is -0.433. The molecule has 10 heteroatoms. The van der Waals surface area contributed by atoms with Crippen molar-refractivity contribution in [3.63, 3.8) is 0 Å². The molecule has 0 heterocycles. The molecule has 0 aromatic heterocycles. The Kier molecular flexibility index (Phi) is 4.77. The predicted molar refractivity (Wildman–Crippen MR) is 46.2 cm³/mol. The Morgan fingerprint density at radius 3 is 2.29 bits per heavy atom. The number of thioether (sulfide) groups is 1. The van der Waals surface area contributed by atoms with E-state index in [0.29, 0.717) is 0 Å². The Balaban J connectivity index is 4.08. The van der Waals surface area contributed by atoms with Gasteiger partial charge in [-0.2, -0.15) is 13.2 Å². The van der Waals surface area contributed by atoms with Crippen LogP contribution in [0.3, 0.4) is 0 Å². The van der Waals surface area contributed by atoms with E-state index < -0.39 is 45.3 Å². The van der Waals surface area contributed by atoms with Crippen LogP contribution in [0, 0.1) is 11.2 Å². The van der Waals surface area contributed by atoms with Crippen molar-refractivity contribution < 1.29 is 26.1 Å². The first-order valence-corrected chi connectivity index (χ1v) is 5.72. The SMILES string of the molecule is N#CB(CCSC(F)(F)F)S(=O)(=O)O. The second kappa shape index (κ2) is 4.90. The maximum absolute atomic E-state index is 11.6. The molecule has 0 saturated carbocycles. The lowest BCUT2D eigenvalue weighted by Gasteiger charge is -2.04. The van der Waals surface area contributed by atoms with Gasteiger partial charge < -0.3 is 0 Å². The minimum atomic E-state index is -4.57. The highest BCUT2D eigenvalue weighted by Gasteiger charge is 2.33. The maximum atomic E-state index is 11.6. The third kappa shape index (κ3) is 6.12. The van der Waals surface area contributed by atoms with Gasteiger partial charge in [-0.3, -0.25) is 4.55 Å². The quantitative estimate of drug-likeness (QED) is 0.596. The monoisotopic (exact) mass is 247 g/mol. The molecule has 0 aromatic rings. The summed E-state index contributed by atoms with van der Waals surface area (Å²) < 4.78 is 63.8. The minimum Gasteiger partial charge on any atom is -0.294 e. The molecule has 80 valence electrons. The smallest absolute Gasteiger partial charge is 0.294 e. The average molecular weight is 247 g/mol. The summed E-state index contributed by atoms with van der Waals surface area (Å²) in [5, 5.41) is 8.21. The van der Waals surface area contributed by atoms with Gasteiger partial charge in [0.25, 0.3) is 0 Å². The summed E-state index contributed by atoms with van der Waals surface area (Å²) in [6.07, 6.45) is -0.556. The summed E-state index contributed by atoms with van der Waals surface area (Å²) in [6, 6.07) is 0. The number of alkyl halides is 3. The molecule has 0 atom stereocenters. The molecule has 0 amide bonds. The standard InChI is InChI=1S/C4H5BF3NO3S2/c6-4(7,8)13-2-1-5(3-9)14(10,11)12/h1-2H2,(H,10,11,12). The highest BCUT2D eigenvalue weighted by Crippen LogP contribution is 2.30. The molecule has 0 aliphatic rings. The Morgan fingerprint density at radius 1 is 1.50 bits per heavy atom. The zero-order valence-electron chi connectivity index (χ0n) is 6.65. The summed E-state index contributed by atoms with van der Waals surface area (Å²) in [5.74, 6) is -1.17. The van der Waals surface area contributed by atoms with Crippen LogP contribution in [-0.2, 0) is 9.97 Å². The zero-order valence-corrected chi connectivity index (χ0v) is 8.29. The van der Waals surface area contributed by atoms with Gasteiger partial charge in [-0.15, -0.1) is 0 Å². The first-order chi connectivity index (χ1) is 6.17. The molecule has 0 rings (SSSR count). The molecule has 0 fully saturated rings. The van der Waals surface area contributed by atoms with Gasteiger partial charge in [-0.25, -0.2) is 13.7 Å². The largest absolute Gasteiger partial charge is 0.444 e. The highest BCUT2D eigenvalue weighted by molar-refractivity contribution is 8.15. The number of nitrogens with zero attached hydrogens (tertiary/aromatic N) is 1. The van der Waals surface area contributed by atoms with Crippen molar-refractivity contribution >= 4 is 27.7 Å². The minimum absolute atomic E-state index is 0.433.